The van der Waals surface area contributed by atoms with Crippen molar-refractivity contribution in [3.05, 3.63) is 565 Å². The Kier molecular flexibility index (Phi) is 21.8. The predicted octanol–water partition coefficient (Wildman–Crippen LogP) is 35.2. The molecule has 1 heterocycles. The van der Waals surface area contributed by atoms with Gasteiger partial charge < -0.3 is 33.5 Å². The highest BCUT2D eigenvalue weighted by Gasteiger charge is 2.49. The van der Waals surface area contributed by atoms with Crippen molar-refractivity contribution >= 4 is 102 Å². The van der Waals surface area contributed by atoms with Gasteiger partial charge in [-0.1, -0.05) is 207 Å². The molecule has 0 amide bonds. The first-order valence-corrected chi connectivity index (χ1v) is 45.8. The molecule has 13 heteroatoms. The van der Waals surface area contributed by atoms with Gasteiger partial charge in [-0.05, 0) is 367 Å². The van der Waals surface area contributed by atoms with E-state index in [1.165, 1.54) is 60.7 Å². The zero-order valence-electron chi connectivity index (χ0n) is 74.7. The van der Waals surface area contributed by atoms with Crippen LogP contribution in [-0.2, 0) is 10.8 Å². The molecule has 2 atom stereocenters. The maximum absolute atomic E-state index is 15.9. The number of halogens is 6. The van der Waals surface area contributed by atoms with Crippen LogP contribution in [0.5, 0.6) is 23.0 Å². The third kappa shape index (κ3) is 15.5. The summed E-state index contributed by atoms with van der Waals surface area (Å²) in [5, 5.41) is 1.75. The van der Waals surface area contributed by atoms with Gasteiger partial charge in [0.05, 0.1) is 10.8 Å². The Labute approximate surface area is 800 Å². The van der Waals surface area contributed by atoms with Crippen LogP contribution in [0.25, 0.3) is 78.6 Å². The highest BCUT2D eigenvalue weighted by atomic mass is 19.1. The number of benzene rings is 20. The Hall–Kier alpha value is -17.9. The van der Waals surface area contributed by atoms with Gasteiger partial charge in [0.1, 0.15) is 69.1 Å². The van der Waals surface area contributed by atoms with E-state index in [-0.39, 0.29) is 34.9 Å². The van der Waals surface area contributed by atoms with Gasteiger partial charge in [0.25, 0.3) is 0 Å². The fourth-order valence-corrected chi connectivity index (χ4v) is 20.4. The molecule has 2 aliphatic rings. The van der Waals surface area contributed by atoms with Crippen LogP contribution >= 0.6 is 0 Å². The number of nitrogens with zero attached hydrogens (tertiary/aromatic N) is 4. The van der Waals surface area contributed by atoms with Gasteiger partial charge in [0, 0.05) is 91.2 Å². The minimum atomic E-state index is -0.997. The quantitative estimate of drug-likeness (QED) is 0.0559. The monoisotopic (exact) mass is 1810 g/mol. The molecule has 2 unspecified atom stereocenters. The summed E-state index contributed by atoms with van der Waals surface area (Å²) in [6.45, 7) is 7.78. The molecule has 0 saturated carbocycles. The predicted molar refractivity (Wildman–Crippen MR) is 551 cm³/mol. The Bertz CT molecular complexity index is 7770. The minimum Gasteiger partial charge on any atom is -0.457 e. The van der Waals surface area contributed by atoms with Gasteiger partial charge in [0.2, 0.25) is 0 Å². The van der Waals surface area contributed by atoms with Gasteiger partial charge in [0.15, 0.2) is 0 Å². The van der Waals surface area contributed by atoms with E-state index in [0.29, 0.717) is 45.5 Å². The Morgan fingerprint density at radius 2 is 0.468 bits per heavy atom. The molecular formula is C126H82F6N4O3. The zero-order valence-corrected chi connectivity index (χ0v) is 74.7. The Morgan fingerprint density at radius 1 is 0.209 bits per heavy atom. The smallest absolute Gasteiger partial charge is 0.137 e. The topological polar surface area (TPSA) is 44.6 Å². The zero-order chi connectivity index (χ0) is 94.0. The van der Waals surface area contributed by atoms with Gasteiger partial charge in [-0.25, -0.2) is 26.3 Å². The lowest BCUT2D eigenvalue weighted by molar-refractivity contribution is 0.482. The Morgan fingerprint density at radius 3 is 0.763 bits per heavy atom. The van der Waals surface area contributed by atoms with Gasteiger partial charge >= 0.3 is 0 Å². The van der Waals surface area contributed by atoms with Crippen molar-refractivity contribution in [3.63, 3.8) is 0 Å². The second-order valence-electron chi connectivity index (χ2n) is 34.8. The van der Waals surface area contributed by atoms with Crippen LogP contribution in [0, 0.1) is 34.9 Å². The van der Waals surface area contributed by atoms with E-state index in [0.717, 1.165) is 168 Å². The largest absolute Gasteiger partial charge is 0.457 e. The molecule has 2 aliphatic carbocycles. The summed E-state index contributed by atoms with van der Waals surface area (Å²) >= 11 is 0. The van der Waals surface area contributed by atoms with E-state index in [9.17, 15) is 8.78 Å². The van der Waals surface area contributed by atoms with E-state index >= 15 is 17.6 Å². The summed E-state index contributed by atoms with van der Waals surface area (Å²) in [6, 6.07) is 145. The van der Waals surface area contributed by atoms with E-state index in [4.69, 9.17) is 13.9 Å². The number of anilines is 12. The van der Waals surface area contributed by atoms with Crippen molar-refractivity contribution in [2.24, 2.45) is 0 Å². The van der Waals surface area contributed by atoms with Crippen LogP contribution in [0.1, 0.15) is 55.6 Å². The molecule has 7 nitrogen and oxygen atoms in total. The average molecular weight is 1810 g/mol. The van der Waals surface area contributed by atoms with Gasteiger partial charge in [-0.15, -0.1) is 0 Å². The van der Waals surface area contributed by atoms with Crippen molar-refractivity contribution in [2.45, 2.75) is 10.8 Å². The molecule has 0 N–H and O–H groups in total. The molecule has 0 radical (unpaired) electrons. The molecule has 0 aliphatic heterocycles. The molecule has 139 heavy (non-hydrogen) atoms. The summed E-state index contributed by atoms with van der Waals surface area (Å²) in [5.41, 5.74) is 25.3. The molecule has 0 saturated heterocycles. The van der Waals surface area contributed by atoms with Crippen LogP contribution in [0.4, 0.5) is 94.6 Å². The minimum absolute atomic E-state index is 0.364. The molecule has 1 aromatic heterocycles. The van der Waals surface area contributed by atoms with Crippen LogP contribution in [-0.4, -0.2) is 0 Å². The van der Waals surface area contributed by atoms with Crippen LogP contribution in [0.3, 0.4) is 0 Å². The lowest BCUT2D eigenvalue weighted by atomic mass is 9.67. The molecule has 23 rings (SSSR count). The van der Waals surface area contributed by atoms with Crippen LogP contribution < -0.4 is 29.1 Å². The van der Waals surface area contributed by atoms with E-state index < -0.39 is 10.8 Å². The standard InChI is InChI=1S/C126H82F6N4O3/c1-3-81-19-63-109(64-20-81)137-111-67-31-87(32-68-111)125(89-11-9-13-95(131)75-89)119-17-7-5-15-113(119)115-71-59-105(77-121(115)125)133(101-51-35-91(127)36-52-101)97-43-23-83(24-44-97)85-27-47-99(48-28-85)135(103-55-39-93(129)40-56-103)107-61-73-117-118-74-62-108(80-124(118)139-123(117)79-107)136(104-57-41-94(130)42-58-104)100-49-29-86(30-50-100)84-25-45-98(46-26-84)134(102-53-37-92(128)38-54-102)106-60-72-116-114-16-6-8-18-120(114)126(122(116)78-106,90-12-10-14-96(132)76-90)88-33-69-112(70-34-88)138-110-65-21-82(4-2)22-66-110/h3-80H,1-2H2. The van der Waals surface area contributed by atoms with Gasteiger partial charge in [-0.2, -0.15) is 0 Å². The van der Waals surface area contributed by atoms with Gasteiger partial charge in [-0.3, -0.25) is 0 Å². The van der Waals surface area contributed by atoms with Crippen molar-refractivity contribution < 1.29 is 40.2 Å². The molecule has 20 aromatic carbocycles. The lowest BCUT2D eigenvalue weighted by Crippen LogP contribution is -2.29. The number of furan rings is 1. The first-order valence-electron chi connectivity index (χ1n) is 45.8. The molecule has 0 fully saturated rings. The summed E-state index contributed by atoms with van der Waals surface area (Å²) < 4.78 is 112. The summed E-state index contributed by atoms with van der Waals surface area (Å²) in [7, 11) is 0. The maximum atomic E-state index is 15.9. The van der Waals surface area contributed by atoms with Crippen molar-refractivity contribution in [1.82, 2.24) is 0 Å². The number of ether oxygens (including phenoxy) is 2. The molecule has 666 valence electrons. The molecule has 0 bridgehead atoms. The fraction of sp³-hybridized carbons (Fsp3) is 0.0159. The number of hydrogen-bond acceptors (Lipinski definition) is 7. The number of rotatable bonds is 24. The average Bonchev–Trinajstić information content (AvgIpc) is 1.54. The molecule has 21 aromatic rings. The highest BCUT2D eigenvalue weighted by molar-refractivity contribution is 6.08. The second kappa shape index (κ2) is 35.5. The first kappa shape index (κ1) is 85.3. The van der Waals surface area contributed by atoms with E-state index in [2.05, 4.69) is 190 Å². The SMILES string of the molecule is C=Cc1ccc(Oc2ccc(C3(c4cccc(F)c4)c4ccccc4-c4ccc(N(c5ccc(F)cc5)c5ccc(-c6ccc(N(c7ccc(F)cc7)c7ccc8c(c7)oc7cc(N(c9ccc(F)cc9)c9ccc(-c%10ccc(N(c%11ccc(F)cc%11)c%11ccc%12c(c%11)C(c%11ccc(Oc%13ccc(C=C)cc%13)cc%11)(c%11cccc(F)c%11)c%11ccccc%11-%12)cc%10)cc9)ccc78)cc6)cc5)cc43)cc2)cc1. The van der Waals surface area contributed by atoms with Crippen molar-refractivity contribution in [2.75, 3.05) is 19.6 Å². The third-order valence-corrected chi connectivity index (χ3v) is 26.8. The van der Waals surface area contributed by atoms with E-state index in [1.807, 2.05) is 170 Å². The summed E-state index contributed by atoms with van der Waals surface area (Å²) in [5.74, 6) is 0.407. The third-order valence-electron chi connectivity index (χ3n) is 26.8. The maximum Gasteiger partial charge on any atom is 0.137 e. The van der Waals surface area contributed by atoms with E-state index in [1.54, 1.807) is 84.9 Å². The normalized spacial score (nSPS) is 13.8. The first-order chi connectivity index (χ1) is 68.1. The fourth-order valence-electron chi connectivity index (χ4n) is 20.4. The summed E-state index contributed by atoms with van der Waals surface area (Å²) in [6.07, 6.45) is 3.58. The van der Waals surface area contributed by atoms with Crippen molar-refractivity contribution in [1.29, 1.82) is 0 Å². The second-order valence-corrected chi connectivity index (χ2v) is 34.8. The van der Waals surface area contributed by atoms with Crippen LogP contribution in [0.15, 0.2) is 479 Å². The number of fused-ring (bicyclic) bond motifs is 9. The summed E-state index contributed by atoms with van der Waals surface area (Å²) in [4.78, 5) is 8.35. The van der Waals surface area contributed by atoms with Crippen molar-refractivity contribution in [3.8, 4) is 67.5 Å². The van der Waals surface area contributed by atoms with Crippen LogP contribution in [0.2, 0.25) is 0 Å². The Balaban J connectivity index is 0.536. The molecule has 0 spiro atoms. The highest BCUT2D eigenvalue weighted by Crippen LogP contribution is 2.61. The lowest BCUT2D eigenvalue weighted by Gasteiger charge is -2.35. The number of hydrogen-bond donors (Lipinski definition) is 0. The molecular weight excluding hydrogens is 1730 g/mol.